The first-order valence-electron chi connectivity index (χ1n) is 1.84. The highest BCUT2D eigenvalue weighted by atomic mass is 19.3. The van der Waals surface area contributed by atoms with Gasteiger partial charge in [0.05, 0.1) is 0 Å². The summed E-state index contributed by atoms with van der Waals surface area (Å²) in [5.41, 5.74) is 0. The smallest absolute Gasteiger partial charge is 0.329 e. The molecule has 0 aliphatic carbocycles. The molecule has 0 aromatic rings. The lowest BCUT2D eigenvalue weighted by Gasteiger charge is -2.18. The predicted octanol–water partition coefficient (Wildman–Crippen LogP) is 0.811. The molecule has 0 aromatic heterocycles. The standard InChI is InChI=1S/C3H4F4O2/c1-9-3(6,7)2(4,5)8/h8H,1H3. The summed E-state index contributed by atoms with van der Waals surface area (Å²) in [7, 11) is 0.365. The maximum Gasteiger partial charge on any atom is 0.447 e. The van der Waals surface area contributed by atoms with Crippen LogP contribution in [0.5, 0.6) is 0 Å². The van der Waals surface area contributed by atoms with E-state index in [0.29, 0.717) is 7.11 Å². The highest BCUT2D eigenvalue weighted by Crippen LogP contribution is 2.31. The summed E-state index contributed by atoms with van der Waals surface area (Å²) in [5, 5.41) is 7.34. The Balaban J connectivity index is 4.14. The van der Waals surface area contributed by atoms with E-state index in [1.807, 2.05) is 0 Å². The second-order valence-electron chi connectivity index (χ2n) is 1.26. The van der Waals surface area contributed by atoms with Gasteiger partial charge in [0.2, 0.25) is 0 Å². The van der Waals surface area contributed by atoms with E-state index in [0.717, 1.165) is 0 Å². The summed E-state index contributed by atoms with van der Waals surface area (Å²) in [4.78, 5) is 0. The zero-order valence-corrected chi connectivity index (χ0v) is 4.37. The molecule has 9 heavy (non-hydrogen) atoms. The highest BCUT2D eigenvalue weighted by Gasteiger charge is 2.56. The van der Waals surface area contributed by atoms with Crippen molar-refractivity contribution in [1.29, 1.82) is 0 Å². The third kappa shape index (κ3) is 1.79. The van der Waals surface area contributed by atoms with Crippen LogP contribution in [-0.2, 0) is 4.74 Å². The lowest BCUT2D eigenvalue weighted by Crippen LogP contribution is -2.41. The number of hydrogen-bond acceptors (Lipinski definition) is 2. The molecule has 0 saturated carbocycles. The van der Waals surface area contributed by atoms with Crippen LogP contribution in [0.4, 0.5) is 17.6 Å². The maximum absolute atomic E-state index is 11.4. The second kappa shape index (κ2) is 2.11. The maximum atomic E-state index is 11.4. The molecule has 0 saturated heterocycles. The van der Waals surface area contributed by atoms with Crippen molar-refractivity contribution in [2.24, 2.45) is 0 Å². The average molecular weight is 148 g/mol. The molecular formula is C3H4F4O2. The minimum Gasteiger partial charge on any atom is -0.329 e. The second-order valence-corrected chi connectivity index (χ2v) is 1.26. The summed E-state index contributed by atoms with van der Waals surface area (Å²) < 4.78 is 48.2. The van der Waals surface area contributed by atoms with E-state index in [1.54, 1.807) is 0 Å². The Morgan fingerprint density at radius 2 is 1.56 bits per heavy atom. The number of halogens is 4. The molecule has 0 atom stereocenters. The number of ether oxygens (including phenoxy) is 1. The van der Waals surface area contributed by atoms with Gasteiger partial charge in [0.1, 0.15) is 0 Å². The number of hydrogen-bond donors (Lipinski definition) is 1. The number of aliphatic hydroxyl groups is 1. The third-order valence-corrected chi connectivity index (χ3v) is 0.607. The zero-order chi connectivity index (χ0) is 7.71. The number of methoxy groups -OCH3 is 1. The molecule has 0 rings (SSSR count). The van der Waals surface area contributed by atoms with E-state index < -0.39 is 12.2 Å². The minimum absolute atomic E-state index is 0.365. The summed E-state index contributed by atoms with van der Waals surface area (Å²) in [6.45, 7) is 0. The highest BCUT2D eigenvalue weighted by molar-refractivity contribution is 4.61. The molecule has 0 unspecified atom stereocenters. The predicted molar refractivity (Wildman–Crippen MR) is 19.1 cm³/mol. The summed E-state index contributed by atoms with van der Waals surface area (Å²) >= 11 is 0. The zero-order valence-electron chi connectivity index (χ0n) is 4.37. The monoisotopic (exact) mass is 148 g/mol. The molecular weight excluding hydrogens is 144 g/mol. The van der Waals surface area contributed by atoms with E-state index in [9.17, 15) is 17.6 Å². The van der Waals surface area contributed by atoms with E-state index in [1.165, 1.54) is 0 Å². The molecule has 0 aromatic carbocycles. The van der Waals surface area contributed by atoms with Crippen LogP contribution >= 0.6 is 0 Å². The summed E-state index contributed by atoms with van der Waals surface area (Å²) in [6.07, 6.45) is -9.91. The van der Waals surface area contributed by atoms with Gasteiger partial charge in [0, 0.05) is 7.11 Å². The van der Waals surface area contributed by atoms with Crippen molar-refractivity contribution in [1.82, 2.24) is 0 Å². The van der Waals surface area contributed by atoms with Crippen LogP contribution in [0, 0.1) is 0 Å². The van der Waals surface area contributed by atoms with Crippen LogP contribution in [-0.4, -0.2) is 24.4 Å². The summed E-state index contributed by atoms with van der Waals surface area (Å²) in [6, 6.07) is 0. The van der Waals surface area contributed by atoms with Gasteiger partial charge in [-0.05, 0) is 0 Å². The topological polar surface area (TPSA) is 29.5 Å². The van der Waals surface area contributed by atoms with Crippen molar-refractivity contribution >= 4 is 0 Å². The van der Waals surface area contributed by atoms with Gasteiger partial charge in [-0.1, -0.05) is 0 Å². The average Bonchev–Trinajstić information content (AvgIpc) is 1.64. The van der Waals surface area contributed by atoms with Gasteiger partial charge < -0.3 is 9.84 Å². The van der Waals surface area contributed by atoms with Gasteiger partial charge in [0.25, 0.3) is 0 Å². The Bertz CT molecular complexity index is 96.5. The molecule has 0 aliphatic heterocycles. The van der Waals surface area contributed by atoms with Crippen molar-refractivity contribution in [2.75, 3.05) is 7.11 Å². The van der Waals surface area contributed by atoms with E-state index in [-0.39, 0.29) is 0 Å². The van der Waals surface area contributed by atoms with Crippen molar-refractivity contribution in [3.63, 3.8) is 0 Å². The van der Waals surface area contributed by atoms with Gasteiger partial charge in [-0.2, -0.15) is 17.6 Å². The van der Waals surface area contributed by atoms with E-state index >= 15 is 0 Å². The van der Waals surface area contributed by atoms with Crippen molar-refractivity contribution in [3.8, 4) is 0 Å². The molecule has 2 nitrogen and oxygen atoms in total. The molecule has 0 bridgehead atoms. The molecule has 0 aliphatic rings. The molecule has 0 spiro atoms. The van der Waals surface area contributed by atoms with Crippen molar-refractivity contribution < 1.29 is 27.4 Å². The van der Waals surface area contributed by atoms with Crippen molar-refractivity contribution in [2.45, 2.75) is 12.2 Å². The SMILES string of the molecule is COC(F)(F)C(O)(F)F. The molecule has 0 heterocycles. The van der Waals surface area contributed by atoms with Gasteiger partial charge in [0.15, 0.2) is 0 Å². The summed E-state index contributed by atoms with van der Waals surface area (Å²) in [5.74, 6) is 0. The largest absolute Gasteiger partial charge is 0.447 e. The van der Waals surface area contributed by atoms with Gasteiger partial charge in [-0.3, -0.25) is 0 Å². The first kappa shape index (κ1) is 8.64. The molecule has 0 fully saturated rings. The lowest BCUT2D eigenvalue weighted by atomic mass is 10.6. The Morgan fingerprint density at radius 1 is 1.22 bits per heavy atom. The van der Waals surface area contributed by atoms with Gasteiger partial charge in [-0.25, -0.2) is 0 Å². The molecule has 56 valence electrons. The van der Waals surface area contributed by atoms with Crippen LogP contribution in [0.1, 0.15) is 0 Å². The normalized spacial score (nSPS) is 14.0. The van der Waals surface area contributed by atoms with Gasteiger partial charge in [-0.15, -0.1) is 0 Å². The Hall–Kier alpha value is -0.360. The first-order chi connectivity index (χ1) is 3.81. The lowest BCUT2D eigenvalue weighted by molar-refractivity contribution is -0.411. The van der Waals surface area contributed by atoms with Crippen molar-refractivity contribution in [3.05, 3.63) is 0 Å². The fourth-order valence-electron chi connectivity index (χ4n) is 0.123. The minimum atomic E-state index is -5.11. The Kier molecular flexibility index (Phi) is 2.02. The Morgan fingerprint density at radius 3 is 1.56 bits per heavy atom. The van der Waals surface area contributed by atoms with Crippen LogP contribution in [0.15, 0.2) is 0 Å². The molecule has 0 amide bonds. The fourth-order valence-corrected chi connectivity index (χ4v) is 0.123. The molecule has 6 heteroatoms. The molecule has 1 N–H and O–H groups in total. The van der Waals surface area contributed by atoms with E-state index in [2.05, 4.69) is 4.74 Å². The van der Waals surface area contributed by atoms with Gasteiger partial charge >= 0.3 is 12.2 Å². The number of alkyl halides is 4. The number of rotatable bonds is 2. The molecule has 0 radical (unpaired) electrons. The first-order valence-corrected chi connectivity index (χ1v) is 1.84. The third-order valence-electron chi connectivity index (χ3n) is 0.607. The van der Waals surface area contributed by atoms with Crippen LogP contribution in [0.3, 0.4) is 0 Å². The van der Waals surface area contributed by atoms with Crippen LogP contribution in [0.25, 0.3) is 0 Å². The van der Waals surface area contributed by atoms with Crippen LogP contribution < -0.4 is 0 Å². The Labute approximate surface area is 48.0 Å². The van der Waals surface area contributed by atoms with E-state index in [4.69, 9.17) is 5.11 Å². The quantitative estimate of drug-likeness (QED) is 0.587. The fraction of sp³-hybridized carbons (Fsp3) is 1.00. The van der Waals surface area contributed by atoms with Crippen LogP contribution in [0.2, 0.25) is 0 Å².